The Hall–Kier alpha value is -4.68. The Morgan fingerprint density at radius 1 is 0.786 bits per heavy atom. The summed E-state index contributed by atoms with van der Waals surface area (Å²) >= 11 is 3.48. The zero-order valence-electron chi connectivity index (χ0n) is 31.3. The van der Waals surface area contributed by atoms with E-state index in [-0.39, 0.29) is 17.6 Å². The summed E-state index contributed by atoms with van der Waals surface area (Å²) in [6.45, 7) is 4.96. The summed E-state index contributed by atoms with van der Waals surface area (Å²) < 4.78 is 32.7. The molecule has 0 atom stereocenters. The number of hydrogen-bond donors (Lipinski definition) is 3. The highest BCUT2D eigenvalue weighted by atomic mass is 79.9. The van der Waals surface area contributed by atoms with Crippen LogP contribution >= 0.6 is 15.9 Å². The fourth-order valence-electron chi connectivity index (χ4n) is 7.32. The zero-order chi connectivity index (χ0) is 40.1. The molecular weight excluding hydrogens is 787 g/mol. The first-order valence-electron chi connectivity index (χ1n) is 19.1. The molecule has 0 bridgehead atoms. The highest BCUT2D eigenvalue weighted by Crippen LogP contribution is 2.30. The van der Waals surface area contributed by atoms with Gasteiger partial charge in [0.1, 0.15) is 5.75 Å². The van der Waals surface area contributed by atoms with Crippen LogP contribution in [0.5, 0.6) is 5.75 Å². The lowest BCUT2D eigenvalue weighted by Crippen LogP contribution is -2.38. The first kappa shape index (κ1) is 42.5. The molecule has 2 heterocycles. The first-order valence-corrected chi connectivity index (χ1v) is 19.9. The number of carbonyl (C=O) groups is 3. The van der Waals surface area contributed by atoms with Crippen LogP contribution in [0.4, 0.5) is 13.2 Å². The Morgan fingerprint density at radius 3 is 2.04 bits per heavy atom. The largest absolute Gasteiger partial charge is 0.508 e. The van der Waals surface area contributed by atoms with Crippen molar-refractivity contribution in [1.82, 2.24) is 15.1 Å². The highest BCUT2D eigenvalue weighted by molar-refractivity contribution is 9.10. The number of hydrogen-bond acceptors (Lipinski definition) is 5. The van der Waals surface area contributed by atoms with Crippen LogP contribution in [-0.4, -0.2) is 76.7 Å². The van der Waals surface area contributed by atoms with Crippen molar-refractivity contribution in [3.05, 3.63) is 124 Å². The summed E-state index contributed by atoms with van der Waals surface area (Å²) in [4.78, 5) is 40.5. The quantitative estimate of drug-likeness (QED) is 0.132. The van der Waals surface area contributed by atoms with E-state index in [0.29, 0.717) is 31.8 Å². The highest BCUT2D eigenvalue weighted by Gasteiger charge is 2.38. The SMILES string of the molecule is O=C(Cc1ccc(Br)cc1)N(CCc1ccc(O)cc1)Cc1cccc(-c2ccccc2C(=O)N2CCC(CCC3CCNCC3)CC2)c1.O=C(O)C(F)(F)F. The minimum atomic E-state index is -5.08. The van der Waals surface area contributed by atoms with Gasteiger partial charge in [-0.2, -0.15) is 13.2 Å². The number of alkyl halides is 3. The molecule has 8 nitrogen and oxygen atoms in total. The molecule has 2 aliphatic rings. The number of nitrogens with zero attached hydrogens (tertiary/aromatic N) is 2. The zero-order valence-corrected chi connectivity index (χ0v) is 32.9. The standard InChI is InChI=1S/C42H48BrN3O3.C2HF3O2/c43-37-14-10-34(11-15-37)29-41(48)46(27-22-31-12-16-38(47)17-13-31)30-35-4-3-5-36(28-35)39-6-1-2-7-40(39)42(49)45-25-20-33(21-26-45)9-8-32-18-23-44-24-19-32;3-2(4,5)1(6)7/h1-7,10-17,28,32-33,44,47H,8-9,18-27,29-30H2;(H,6,7). The molecule has 2 aliphatic heterocycles. The Kier molecular flexibility index (Phi) is 15.5. The summed E-state index contributed by atoms with van der Waals surface area (Å²) in [7, 11) is 0. The molecule has 0 saturated carbocycles. The number of aromatic hydroxyl groups is 1. The second-order valence-electron chi connectivity index (χ2n) is 14.6. The van der Waals surface area contributed by atoms with Crippen molar-refractivity contribution in [3.63, 3.8) is 0 Å². The van der Waals surface area contributed by atoms with Gasteiger partial charge in [0, 0.05) is 36.2 Å². The van der Waals surface area contributed by atoms with Crippen molar-refractivity contribution in [2.45, 2.75) is 64.1 Å². The van der Waals surface area contributed by atoms with Gasteiger partial charge in [0.05, 0.1) is 6.42 Å². The number of carbonyl (C=O) groups excluding carboxylic acids is 2. The molecule has 4 aromatic rings. The maximum absolute atomic E-state index is 13.9. The average molecular weight is 837 g/mol. The summed E-state index contributed by atoms with van der Waals surface area (Å²) in [5.74, 6) is -0.782. The Labute approximate surface area is 334 Å². The predicted molar refractivity (Wildman–Crippen MR) is 214 cm³/mol. The lowest BCUT2D eigenvalue weighted by Gasteiger charge is -2.33. The second-order valence-corrected chi connectivity index (χ2v) is 15.5. The smallest absolute Gasteiger partial charge is 0.490 e. The van der Waals surface area contributed by atoms with Gasteiger partial charge in [-0.05, 0) is 121 Å². The normalized spacial score (nSPS) is 15.1. The van der Waals surface area contributed by atoms with Crippen molar-refractivity contribution >= 4 is 33.7 Å². The van der Waals surface area contributed by atoms with Crippen LogP contribution in [0.15, 0.2) is 102 Å². The number of phenols is 1. The lowest BCUT2D eigenvalue weighted by atomic mass is 9.85. The number of likely N-dealkylation sites (tertiary alicyclic amines) is 1. The van der Waals surface area contributed by atoms with Crippen molar-refractivity contribution in [2.75, 3.05) is 32.7 Å². The van der Waals surface area contributed by atoms with Crippen LogP contribution in [0.3, 0.4) is 0 Å². The van der Waals surface area contributed by atoms with Crippen LogP contribution in [0.1, 0.15) is 65.6 Å². The molecule has 4 aromatic carbocycles. The molecule has 0 spiro atoms. The molecule has 2 amide bonds. The number of amides is 2. The molecule has 6 rings (SSSR count). The van der Waals surface area contributed by atoms with Gasteiger partial charge in [-0.15, -0.1) is 0 Å². The predicted octanol–water partition coefficient (Wildman–Crippen LogP) is 8.90. The van der Waals surface area contributed by atoms with Crippen LogP contribution in [0, 0.1) is 11.8 Å². The molecule has 0 radical (unpaired) electrons. The summed E-state index contributed by atoms with van der Waals surface area (Å²) in [5.41, 5.74) is 5.70. The molecule has 0 aliphatic carbocycles. The van der Waals surface area contributed by atoms with Gasteiger partial charge in [-0.25, -0.2) is 4.79 Å². The molecule has 12 heteroatoms. The van der Waals surface area contributed by atoms with Crippen LogP contribution < -0.4 is 5.32 Å². The average Bonchev–Trinajstić information content (AvgIpc) is 3.20. The number of nitrogens with one attached hydrogen (secondary N) is 1. The third kappa shape index (κ3) is 12.9. The van der Waals surface area contributed by atoms with E-state index in [1.165, 1.54) is 25.7 Å². The van der Waals surface area contributed by atoms with E-state index in [1.54, 1.807) is 12.1 Å². The lowest BCUT2D eigenvalue weighted by molar-refractivity contribution is -0.192. The maximum Gasteiger partial charge on any atom is 0.490 e. The van der Waals surface area contributed by atoms with E-state index in [2.05, 4.69) is 44.3 Å². The summed E-state index contributed by atoms with van der Waals surface area (Å²) in [6.07, 6.45) is 3.29. The topological polar surface area (TPSA) is 110 Å². The van der Waals surface area contributed by atoms with Crippen molar-refractivity contribution in [3.8, 4) is 16.9 Å². The summed E-state index contributed by atoms with van der Waals surface area (Å²) in [6, 6.07) is 31.3. The number of rotatable bonds is 12. The minimum absolute atomic E-state index is 0.0567. The van der Waals surface area contributed by atoms with Gasteiger partial charge in [-0.3, -0.25) is 9.59 Å². The van der Waals surface area contributed by atoms with Gasteiger partial charge in [0.2, 0.25) is 5.91 Å². The van der Waals surface area contributed by atoms with E-state index in [1.807, 2.05) is 71.6 Å². The van der Waals surface area contributed by atoms with Crippen molar-refractivity contribution in [1.29, 1.82) is 0 Å². The van der Waals surface area contributed by atoms with Gasteiger partial charge in [0.25, 0.3) is 5.91 Å². The molecular formula is C44H49BrF3N3O5. The number of phenolic OH excluding ortho intramolecular Hbond substituents is 1. The van der Waals surface area contributed by atoms with Crippen molar-refractivity contribution < 1.29 is 37.8 Å². The number of aliphatic carboxylic acids is 1. The fraction of sp³-hybridized carbons (Fsp3) is 0.386. The Morgan fingerprint density at radius 2 is 1.39 bits per heavy atom. The van der Waals surface area contributed by atoms with Crippen LogP contribution in [-0.2, 0) is 29.0 Å². The number of benzene rings is 4. The third-order valence-electron chi connectivity index (χ3n) is 10.6. The molecule has 2 fully saturated rings. The van der Waals surface area contributed by atoms with E-state index in [4.69, 9.17) is 9.90 Å². The molecule has 56 heavy (non-hydrogen) atoms. The van der Waals surface area contributed by atoms with E-state index < -0.39 is 12.1 Å². The third-order valence-corrected chi connectivity index (χ3v) is 11.1. The van der Waals surface area contributed by atoms with Crippen LogP contribution in [0.2, 0.25) is 0 Å². The molecule has 3 N–H and O–H groups in total. The van der Waals surface area contributed by atoms with E-state index in [0.717, 1.165) is 82.8 Å². The van der Waals surface area contributed by atoms with Gasteiger partial charge in [0.15, 0.2) is 0 Å². The molecule has 0 unspecified atom stereocenters. The fourth-order valence-corrected chi connectivity index (χ4v) is 7.59. The van der Waals surface area contributed by atoms with Gasteiger partial charge in [-0.1, -0.05) is 89.4 Å². The summed E-state index contributed by atoms with van der Waals surface area (Å²) in [5, 5.41) is 20.3. The Bertz CT molecular complexity index is 1890. The van der Waals surface area contributed by atoms with Gasteiger partial charge < -0.3 is 25.3 Å². The number of halogens is 4. The monoisotopic (exact) mass is 835 g/mol. The van der Waals surface area contributed by atoms with Gasteiger partial charge >= 0.3 is 12.1 Å². The van der Waals surface area contributed by atoms with Crippen molar-refractivity contribution in [2.24, 2.45) is 11.8 Å². The van der Waals surface area contributed by atoms with Crippen LogP contribution in [0.25, 0.3) is 11.1 Å². The molecule has 2 saturated heterocycles. The molecule has 0 aromatic heterocycles. The minimum Gasteiger partial charge on any atom is -0.508 e. The maximum atomic E-state index is 13.9. The van der Waals surface area contributed by atoms with E-state index in [9.17, 15) is 27.9 Å². The second kappa shape index (κ2) is 20.5. The first-order chi connectivity index (χ1) is 26.9. The molecule has 298 valence electrons. The number of carboxylic acid groups (broad SMARTS) is 1. The number of piperidine rings is 2. The number of carboxylic acids is 1. The van der Waals surface area contributed by atoms with E-state index >= 15 is 0 Å². The Balaban J connectivity index is 0.000000784.